The molecule has 1 aromatic carbocycles. The Morgan fingerprint density at radius 3 is 2.62 bits per heavy atom. The fourth-order valence-electron chi connectivity index (χ4n) is 3.80. The molecule has 2 aromatic heterocycles. The summed E-state index contributed by atoms with van der Waals surface area (Å²) < 4.78 is 0. The lowest BCUT2D eigenvalue weighted by molar-refractivity contribution is -0.0479. The van der Waals surface area contributed by atoms with Gasteiger partial charge in [0.05, 0.1) is 17.1 Å². The van der Waals surface area contributed by atoms with E-state index in [0.29, 0.717) is 18.4 Å². The maximum absolute atomic E-state index is 11.4. The monoisotopic (exact) mass is 373 g/mol. The number of aliphatic hydroxyl groups excluding tert-OH is 1. The van der Waals surface area contributed by atoms with Crippen LogP contribution >= 0.6 is 11.3 Å². The van der Waals surface area contributed by atoms with E-state index < -0.39 is 11.7 Å². The topological polar surface area (TPSA) is 92.3 Å². The average Bonchev–Trinajstić information content (AvgIpc) is 3.29. The van der Waals surface area contributed by atoms with Gasteiger partial charge in [0, 0.05) is 24.0 Å². The minimum Gasteiger partial charge on any atom is -0.387 e. The van der Waals surface area contributed by atoms with Crippen LogP contribution in [-0.4, -0.2) is 44.2 Å². The van der Waals surface area contributed by atoms with Gasteiger partial charge in [-0.05, 0) is 48.9 Å². The van der Waals surface area contributed by atoms with Crippen molar-refractivity contribution in [1.29, 1.82) is 0 Å². The second kappa shape index (κ2) is 6.66. The Kier molecular flexibility index (Phi) is 4.48. The Bertz CT molecular complexity index is 939. The second-order valence-corrected chi connectivity index (χ2v) is 8.06. The molecule has 26 heavy (non-hydrogen) atoms. The first-order chi connectivity index (χ1) is 12.5. The summed E-state index contributed by atoms with van der Waals surface area (Å²) in [5.41, 5.74) is 1.21. The van der Waals surface area contributed by atoms with Crippen LogP contribution in [0.5, 0.6) is 0 Å². The number of fused-ring (bicyclic) bond motifs is 1. The Labute approximate surface area is 155 Å². The number of nitrogens with one attached hydrogen (secondary N) is 2. The molecule has 138 valence electrons. The van der Waals surface area contributed by atoms with Crippen LogP contribution in [-0.2, 0) is 5.60 Å². The second-order valence-electron chi connectivity index (χ2n) is 7.11. The number of benzene rings is 1. The van der Waals surface area contributed by atoms with E-state index in [1.165, 1.54) is 0 Å². The van der Waals surface area contributed by atoms with E-state index in [-0.39, 0.29) is 11.7 Å². The van der Waals surface area contributed by atoms with Crippen molar-refractivity contribution in [3.63, 3.8) is 0 Å². The molecule has 0 spiro atoms. The van der Waals surface area contributed by atoms with Crippen LogP contribution in [0.2, 0.25) is 0 Å². The lowest BCUT2D eigenvalue weighted by atomic mass is 9.88. The molecule has 4 N–H and O–H groups in total. The molecule has 1 saturated heterocycles. The highest BCUT2D eigenvalue weighted by atomic mass is 32.1. The van der Waals surface area contributed by atoms with E-state index in [1.54, 1.807) is 11.3 Å². The molecule has 6 nitrogen and oxygen atoms in total. The smallest absolute Gasteiger partial charge is 0.323 e. The summed E-state index contributed by atoms with van der Waals surface area (Å²) in [6.45, 7) is 3.47. The molecule has 0 saturated carbocycles. The Morgan fingerprint density at radius 2 is 1.92 bits per heavy atom. The summed E-state index contributed by atoms with van der Waals surface area (Å²) in [4.78, 5) is 20.1. The maximum atomic E-state index is 11.4. The zero-order chi connectivity index (χ0) is 18.3. The van der Waals surface area contributed by atoms with Crippen molar-refractivity contribution in [3.05, 3.63) is 56.6 Å². The molecule has 1 fully saturated rings. The molecule has 0 amide bonds. The molecule has 7 heteroatoms. The predicted molar refractivity (Wildman–Crippen MR) is 102 cm³/mol. The Hall–Kier alpha value is -1.93. The molecule has 3 heterocycles. The number of imidazole rings is 1. The van der Waals surface area contributed by atoms with Gasteiger partial charge in [-0.2, -0.15) is 0 Å². The molecule has 1 aliphatic heterocycles. The van der Waals surface area contributed by atoms with Crippen molar-refractivity contribution in [2.75, 3.05) is 13.1 Å². The molecular formula is C19H23N3O3S. The van der Waals surface area contributed by atoms with Crippen LogP contribution in [0.3, 0.4) is 0 Å². The number of aromatic nitrogens is 2. The van der Waals surface area contributed by atoms with Gasteiger partial charge in [-0.1, -0.05) is 12.1 Å². The van der Waals surface area contributed by atoms with Crippen molar-refractivity contribution in [1.82, 2.24) is 14.9 Å². The van der Waals surface area contributed by atoms with Crippen LogP contribution < -0.4 is 5.69 Å². The Morgan fingerprint density at radius 1 is 1.19 bits per heavy atom. The van der Waals surface area contributed by atoms with Crippen molar-refractivity contribution < 1.29 is 10.2 Å². The van der Waals surface area contributed by atoms with Gasteiger partial charge >= 0.3 is 5.69 Å². The van der Waals surface area contributed by atoms with Crippen molar-refractivity contribution in [3.8, 4) is 0 Å². The fraction of sp³-hybridized carbons (Fsp3) is 0.421. The highest BCUT2D eigenvalue weighted by Crippen LogP contribution is 2.37. The van der Waals surface area contributed by atoms with E-state index in [2.05, 4.69) is 14.9 Å². The number of piperidine rings is 1. The van der Waals surface area contributed by atoms with Gasteiger partial charge in [0.25, 0.3) is 0 Å². The van der Waals surface area contributed by atoms with Gasteiger partial charge in [0.2, 0.25) is 0 Å². The first-order valence-corrected chi connectivity index (χ1v) is 9.75. The zero-order valence-corrected chi connectivity index (χ0v) is 15.4. The Balaban J connectivity index is 1.47. The zero-order valence-electron chi connectivity index (χ0n) is 14.6. The number of rotatable bonds is 4. The standard InChI is InChI=1S/C19H23N3O3S/c1-12(17(23)13-4-5-14-15(11-13)21-18(24)20-14)22-8-6-19(25,7-9-22)16-3-2-10-26-16/h2-5,10-12,17,23,25H,6-9H2,1H3,(H2,20,21,24)/t12-,17+/m0/s1. The minimum atomic E-state index is -0.751. The molecule has 3 aromatic rings. The number of likely N-dealkylation sites (tertiary alicyclic amines) is 1. The summed E-state index contributed by atoms with van der Waals surface area (Å²) >= 11 is 1.59. The van der Waals surface area contributed by atoms with E-state index in [1.807, 2.05) is 42.6 Å². The highest BCUT2D eigenvalue weighted by Gasteiger charge is 2.37. The first kappa shape index (κ1) is 17.5. The number of thiophene rings is 1. The third kappa shape index (κ3) is 3.12. The molecule has 0 radical (unpaired) electrons. The van der Waals surface area contributed by atoms with Crippen LogP contribution in [0.4, 0.5) is 0 Å². The number of hydrogen-bond donors (Lipinski definition) is 4. The summed E-state index contributed by atoms with van der Waals surface area (Å²) in [6.07, 6.45) is 0.662. The third-order valence-electron chi connectivity index (χ3n) is 5.52. The van der Waals surface area contributed by atoms with Gasteiger partial charge < -0.3 is 20.2 Å². The SMILES string of the molecule is C[C@@H]([C@@H](O)c1ccc2[nH]c(=O)[nH]c2c1)N1CCC(O)(c2cccs2)CC1. The number of aromatic amines is 2. The summed E-state index contributed by atoms with van der Waals surface area (Å²) in [7, 11) is 0. The molecule has 1 aliphatic rings. The molecule has 0 bridgehead atoms. The quantitative estimate of drug-likeness (QED) is 0.565. The molecule has 0 aliphatic carbocycles. The lowest BCUT2D eigenvalue weighted by Crippen LogP contribution is -2.47. The van der Waals surface area contributed by atoms with Crippen LogP contribution in [0, 0.1) is 0 Å². The number of hydrogen-bond acceptors (Lipinski definition) is 5. The summed E-state index contributed by atoms with van der Waals surface area (Å²) in [5.74, 6) is 0. The lowest BCUT2D eigenvalue weighted by Gasteiger charge is -2.41. The number of nitrogens with zero attached hydrogens (tertiary/aromatic N) is 1. The van der Waals surface area contributed by atoms with Crippen molar-refractivity contribution in [2.24, 2.45) is 0 Å². The predicted octanol–water partition coefficient (Wildman–Crippen LogP) is 2.32. The van der Waals surface area contributed by atoms with E-state index >= 15 is 0 Å². The van der Waals surface area contributed by atoms with Crippen LogP contribution in [0.1, 0.15) is 36.3 Å². The van der Waals surface area contributed by atoms with Gasteiger partial charge in [0.1, 0.15) is 5.60 Å². The third-order valence-corrected chi connectivity index (χ3v) is 6.58. The van der Waals surface area contributed by atoms with Gasteiger partial charge in [-0.3, -0.25) is 4.90 Å². The van der Waals surface area contributed by atoms with Gasteiger partial charge in [-0.25, -0.2) is 4.79 Å². The van der Waals surface area contributed by atoms with Crippen LogP contribution in [0.25, 0.3) is 11.0 Å². The van der Waals surface area contributed by atoms with Gasteiger partial charge in [0.15, 0.2) is 0 Å². The van der Waals surface area contributed by atoms with Gasteiger partial charge in [-0.15, -0.1) is 11.3 Å². The fourth-order valence-corrected chi connectivity index (χ4v) is 4.69. The largest absolute Gasteiger partial charge is 0.387 e. The van der Waals surface area contributed by atoms with Crippen LogP contribution in [0.15, 0.2) is 40.5 Å². The summed E-state index contributed by atoms with van der Waals surface area (Å²) in [5, 5.41) is 23.7. The maximum Gasteiger partial charge on any atom is 0.323 e. The van der Waals surface area contributed by atoms with Crippen molar-refractivity contribution >= 4 is 22.4 Å². The average molecular weight is 373 g/mol. The van der Waals surface area contributed by atoms with Crippen molar-refractivity contribution in [2.45, 2.75) is 37.5 Å². The molecule has 2 atom stereocenters. The number of aliphatic hydroxyl groups is 2. The first-order valence-electron chi connectivity index (χ1n) is 8.87. The highest BCUT2D eigenvalue weighted by molar-refractivity contribution is 7.10. The normalized spacial score (nSPS) is 20.3. The number of H-pyrrole nitrogens is 2. The van der Waals surface area contributed by atoms with E-state index in [4.69, 9.17) is 0 Å². The summed E-state index contributed by atoms with van der Waals surface area (Å²) in [6, 6.07) is 9.36. The minimum absolute atomic E-state index is 0.0778. The molecule has 4 rings (SSSR count). The van der Waals surface area contributed by atoms with E-state index in [0.717, 1.165) is 29.0 Å². The molecular weight excluding hydrogens is 350 g/mol. The molecule has 0 unspecified atom stereocenters. The van der Waals surface area contributed by atoms with E-state index in [9.17, 15) is 15.0 Å².